The molecule has 0 radical (unpaired) electrons. The minimum atomic E-state index is -0.600. The summed E-state index contributed by atoms with van der Waals surface area (Å²) < 4.78 is 13.1. The van der Waals surface area contributed by atoms with Gasteiger partial charge in [0.25, 0.3) is 5.69 Å². The molecular formula is C13H9FN2O3. The Balaban J connectivity index is 2.34. The first-order valence-electron chi connectivity index (χ1n) is 5.33. The number of phenolic OH excluding ortho intramolecular Hbond substituents is 1. The van der Waals surface area contributed by atoms with Crippen LogP contribution in [0.2, 0.25) is 0 Å². The van der Waals surface area contributed by atoms with E-state index in [-0.39, 0.29) is 17.0 Å². The SMILES string of the molecule is O=[N+]([O-])c1ccc(F)cc1C=Nc1ccc(O)cc1. The van der Waals surface area contributed by atoms with E-state index in [4.69, 9.17) is 5.11 Å². The van der Waals surface area contributed by atoms with Crippen molar-refractivity contribution in [2.75, 3.05) is 0 Å². The van der Waals surface area contributed by atoms with Gasteiger partial charge in [0.15, 0.2) is 0 Å². The van der Waals surface area contributed by atoms with E-state index in [1.54, 1.807) is 0 Å². The number of halogens is 1. The van der Waals surface area contributed by atoms with Gasteiger partial charge in [0.2, 0.25) is 0 Å². The van der Waals surface area contributed by atoms with Crippen molar-refractivity contribution in [2.24, 2.45) is 4.99 Å². The van der Waals surface area contributed by atoms with Crippen molar-refractivity contribution in [3.05, 3.63) is 64.0 Å². The first-order valence-corrected chi connectivity index (χ1v) is 5.33. The second-order valence-corrected chi connectivity index (χ2v) is 3.73. The highest BCUT2D eigenvalue weighted by atomic mass is 19.1. The molecule has 0 atom stereocenters. The van der Waals surface area contributed by atoms with Gasteiger partial charge in [-0.2, -0.15) is 0 Å². The highest BCUT2D eigenvalue weighted by Crippen LogP contribution is 2.20. The zero-order valence-electron chi connectivity index (χ0n) is 9.65. The van der Waals surface area contributed by atoms with Crippen molar-refractivity contribution in [1.82, 2.24) is 0 Å². The van der Waals surface area contributed by atoms with E-state index < -0.39 is 10.7 Å². The predicted molar refractivity (Wildman–Crippen MR) is 68.4 cm³/mol. The van der Waals surface area contributed by atoms with Crippen LogP contribution in [0.1, 0.15) is 5.56 Å². The molecule has 0 saturated heterocycles. The molecule has 5 nitrogen and oxygen atoms in total. The average Bonchev–Trinajstić information content (AvgIpc) is 2.38. The van der Waals surface area contributed by atoms with Gasteiger partial charge in [0.1, 0.15) is 11.6 Å². The van der Waals surface area contributed by atoms with E-state index in [2.05, 4.69) is 4.99 Å². The van der Waals surface area contributed by atoms with Crippen molar-refractivity contribution in [3.8, 4) is 5.75 Å². The molecule has 0 amide bonds. The standard InChI is InChI=1S/C13H9FN2O3/c14-10-1-6-13(16(18)19)9(7-10)8-15-11-2-4-12(17)5-3-11/h1-8,17H. The maximum atomic E-state index is 13.1. The zero-order chi connectivity index (χ0) is 13.8. The van der Waals surface area contributed by atoms with Gasteiger partial charge in [0.05, 0.1) is 16.2 Å². The van der Waals surface area contributed by atoms with Gasteiger partial charge in [-0.3, -0.25) is 15.1 Å². The fraction of sp³-hybridized carbons (Fsp3) is 0. The molecule has 2 aromatic rings. The molecule has 0 aliphatic rings. The second-order valence-electron chi connectivity index (χ2n) is 3.73. The summed E-state index contributed by atoms with van der Waals surface area (Å²) in [6, 6.07) is 9.11. The fourth-order valence-corrected chi connectivity index (χ4v) is 1.48. The molecule has 96 valence electrons. The predicted octanol–water partition coefficient (Wildman–Crippen LogP) is 3.19. The highest BCUT2D eigenvalue weighted by Gasteiger charge is 2.12. The van der Waals surface area contributed by atoms with Crippen LogP contribution in [0.3, 0.4) is 0 Å². The van der Waals surface area contributed by atoms with Crippen LogP contribution in [0.15, 0.2) is 47.5 Å². The molecule has 0 saturated carbocycles. The summed E-state index contributed by atoms with van der Waals surface area (Å²) in [6.07, 6.45) is 1.22. The molecule has 1 N–H and O–H groups in total. The van der Waals surface area contributed by atoms with Gasteiger partial charge in [-0.1, -0.05) is 0 Å². The van der Waals surface area contributed by atoms with E-state index in [0.29, 0.717) is 5.69 Å². The average molecular weight is 260 g/mol. The molecule has 0 aliphatic carbocycles. The van der Waals surface area contributed by atoms with Gasteiger partial charge in [-0.05, 0) is 36.4 Å². The smallest absolute Gasteiger partial charge is 0.278 e. The molecule has 0 heterocycles. The third kappa shape index (κ3) is 3.12. The Morgan fingerprint density at radius 2 is 1.89 bits per heavy atom. The van der Waals surface area contributed by atoms with Crippen molar-refractivity contribution in [2.45, 2.75) is 0 Å². The molecule has 19 heavy (non-hydrogen) atoms. The van der Waals surface area contributed by atoms with Crippen molar-refractivity contribution in [3.63, 3.8) is 0 Å². The summed E-state index contributed by atoms with van der Waals surface area (Å²) in [5.74, 6) is -0.478. The summed E-state index contributed by atoms with van der Waals surface area (Å²) in [6.45, 7) is 0. The molecular weight excluding hydrogens is 251 g/mol. The van der Waals surface area contributed by atoms with Crippen LogP contribution in [-0.2, 0) is 0 Å². The quantitative estimate of drug-likeness (QED) is 0.523. The number of nitrogens with zero attached hydrogens (tertiary/aromatic N) is 2. The number of phenols is 1. The lowest BCUT2D eigenvalue weighted by atomic mass is 10.2. The van der Waals surface area contributed by atoms with Gasteiger partial charge in [0, 0.05) is 12.3 Å². The Bertz CT molecular complexity index is 639. The van der Waals surface area contributed by atoms with E-state index in [9.17, 15) is 14.5 Å². The maximum Gasteiger partial charge on any atom is 0.278 e. The lowest BCUT2D eigenvalue weighted by Crippen LogP contribution is -1.95. The molecule has 0 unspecified atom stereocenters. The monoisotopic (exact) mass is 260 g/mol. The largest absolute Gasteiger partial charge is 0.508 e. The Morgan fingerprint density at radius 1 is 1.21 bits per heavy atom. The van der Waals surface area contributed by atoms with Crippen LogP contribution in [0.5, 0.6) is 5.75 Å². The number of aliphatic imine (C=N–C) groups is 1. The van der Waals surface area contributed by atoms with Crippen LogP contribution in [0.4, 0.5) is 15.8 Å². The van der Waals surface area contributed by atoms with E-state index in [0.717, 1.165) is 18.2 Å². The van der Waals surface area contributed by atoms with Crippen LogP contribution < -0.4 is 0 Å². The van der Waals surface area contributed by atoms with Gasteiger partial charge >= 0.3 is 0 Å². The lowest BCUT2D eigenvalue weighted by Gasteiger charge is -1.98. The van der Waals surface area contributed by atoms with Crippen LogP contribution >= 0.6 is 0 Å². The fourth-order valence-electron chi connectivity index (χ4n) is 1.48. The van der Waals surface area contributed by atoms with Crippen LogP contribution in [0, 0.1) is 15.9 Å². The molecule has 0 fully saturated rings. The molecule has 6 heteroatoms. The van der Waals surface area contributed by atoms with E-state index >= 15 is 0 Å². The Kier molecular flexibility index (Phi) is 3.51. The van der Waals surface area contributed by atoms with E-state index in [1.807, 2.05) is 0 Å². The summed E-state index contributed by atoms with van der Waals surface area (Å²) in [5.41, 5.74) is 0.360. The highest BCUT2D eigenvalue weighted by molar-refractivity contribution is 5.87. The first-order chi connectivity index (χ1) is 9.06. The van der Waals surface area contributed by atoms with Crippen LogP contribution in [-0.4, -0.2) is 16.2 Å². The number of nitro benzene ring substituents is 1. The number of aromatic hydroxyl groups is 1. The number of nitro groups is 1. The van der Waals surface area contributed by atoms with Crippen molar-refractivity contribution >= 4 is 17.6 Å². The molecule has 2 rings (SSSR count). The molecule has 0 aliphatic heterocycles. The minimum Gasteiger partial charge on any atom is -0.508 e. The van der Waals surface area contributed by atoms with Crippen LogP contribution in [0.25, 0.3) is 0 Å². The third-order valence-corrected chi connectivity index (χ3v) is 2.39. The van der Waals surface area contributed by atoms with E-state index in [1.165, 1.54) is 30.5 Å². The number of benzene rings is 2. The number of hydrogen-bond donors (Lipinski definition) is 1. The third-order valence-electron chi connectivity index (χ3n) is 2.39. The van der Waals surface area contributed by atoms with Gasteiger partial charge in [-0.25, -0.2) is 4.39 Å². The lowest BCUT2D eigenvalue weighted by molar-refractivity contribution is -0.385. The first kappa shape index (κ1) is 12.7. The Hall–Kier alpha value is -2.76. The normalized spacial score (nSPS) is 10.8. The van der Waals surface area contributed by atoms with Gasteiger partial charge in [-0.15, -0.1) is 0 Å². The number of hydrogen-bond acceptors (Lipinski definition) is 4. The Morgan fingerprint density at radius 3 is 2.53 bits per heavy atom. The summed E-state index contributed by atoms with van der Waals surface area (Å²) in [4.78, 5) is 14.2. The molecule has 0 aromatic heterocycles. The molecule has 0 bridgehead atoms. The van der Waals surface area contributed by atoms with Gasteiger partial charge < -0.3 is 5.11 Å². The summed E-state index contributed by atoms with van der Waals surface area (Å²) in [7, 11) is 0. The maximum absolute atomic E-state index is 13.1. The zero-order valence-corrected chi connectivity index (χ0v) is 9.65. The summed E-state index contributed by atoms with van der Waals surface area (Å²) >= 11 is 0. The van der Waals surface area contributed by atoms with Crippen molar-refractivity contribution in [1.29, 1.82) is 0 Å². The topological polar surface area (TPSA) is 75.7 Å². The summed E-state index contributed by atoms with van der Waals surface area (Å²) in [5, 5.41) is 19.9. The Labute approximate surface area is 107 Å². The second kappa shape index (κ2) is 5.26. The molecule has 0 spiro atoms. The van der Waals surface area contributed by atoms with Crippen molar-refractivity contribution < 1.29 is 14.4 Å². The molecule has 2 aromatic carbocycles. The number of rotatable bonds is 3. The minimum absolute atomic E-state index is 0.0816.